The predicted molar refractivity (Wildman–Crippen MR) is 112 cm³/mol. The molecule has 0 aromatic heterocycles. The SMILES string of the molecule is CCCCOc1cccc(N2C(=NC(=O)CCC(=O)O)S[C@H]3CS(=O)(=O)C[C@@H]32)c1. The minimum absolute atomic E-state index is 0.00603. The molecule has 1 aromatic carbocycles. The number of amidine groups is 1. The van der Waals surface area contributed by atoms with Crippen LogP contribution in [0.3, 0.4) is 0 Å². The minimum Gasteiger partial charge on any atom is -0.494 e. The third-order valence-corrected chi connectivity index (χ3v) is 7.91. The molecule has 10 heteroatoms. The van der Waals surface area contributed by atoms with Gasteiger partial charge in [-0.25, -0.2) is 8.42 Å². The maximum atomic E-state index is 12.1. The fraction of sp³-hybridized carbons (Fsp3) is 0.526. The first-order chi connectivity index (χ1) is 13.8. The standard InChI is InChI=1S/C19H24N2O6S2/c1-2-3-9-27-14-6-4-5-13(10-14)21-15-11-29(25,26)12-16(15)28-19(21)20-17(22)7-8-18(23)24/h4-6,10,15-16H,2-3,7-9,11-12H2,1H3,(H,23,24)/t15-,16-/m0/s1. The highest BCUT2D eigenvalue weighted by atomic mass is 32.2. The van der Waals surface area contributed by atoms with Crippen LogP contribution < -0.4 is 9.64 Å². The van der Waals surface area contributed by atoms with E-state index in [1.165, 1.54) is 11.8 Å². The highest BCUT2D eigenvalue weighted by Crippen LogP contribution is 2.41. The Balaban J connectivity index is 1.87. The molecule has 2 atom stereocenters. The predicted octanol–water partition coefficient (Wildman–Crippen LogP) is 2.33. The molecule has 158 valence electrons. The summed E-state index contributed by atoms with van der Waals surface area (Å²) in [6, 6.07) is 6.99. The highest BCUT2D eigenvalue weighted by molar-refractivity contribution is 8.16. The summed E-state index contributed by atoms with van der Waals surface area (Å²) in [5.74, 6) is -0.892. The van der Waals surface area contributed by atoms with Crippen LogP contribution in [0.15, 0.2) is 29.3 Å². The number of carbonyl (C=O) groups is 2. The molecule has 2 fully saturated rings. The van der Waals surface area contributed by atoms with Gasteiger partial charge >= 0.3 is 5.97 Å². The molecular weight excluding hydrogens is 416 g/mol. The van der Waals surface area contributed by atoms with Gasteiger partial charge in [0.05, 0.1) is 30.6 Å². The molecule has 2 aliphatic heterocycles. The third-order valence-electron chi connectivity index (χ3n) is 4.70. The molecular formula is C19H24N2O6S2. The zero-order valence-electron chi connectivity index (χ0n) is 16.1. The number of nitrogens with zero attached hydrogens (tertiary/aromatic N) is 2. The summed E-state index contributed by atoms with van der Waals surface area (Å²) in [7, 11) is -3.16. The number of carboxylic acids is 1. The van der Waals surface area contributed by atoms with Gasteiger partial charge in [-0.15, -0.1) is 0 Å². The highest BCUT2D eigenvalue weighted by Gasteiger charge is 2.49. The Labute approximate surface area is 174 Å². The average Bonchev–Trinajstić information content (AvgIpc) is 3.11. The first kappa shape index (κ1) is 21.6. The molecule has 0 radical (unpaired) electrons. The van der Waals surface area contributed by atoms with Crippen molar-refractivity contribution in [2.24, 2.45) is 4.99 Å². The van der Waals surface area contributed by atoms with E-state index in [-0.39, 0.29) is 35.6 Å². The zero-order valence-corrected chi connectivity index (χ0v) is 17.7. The topological polar surface area (TPSA) is 113 Å². The number of hydrogen-bond acceptors (Lipinski definition) is 6. The molecule has 2 aliphatic rings. The van der Waals surface area contributed by atoms with Crippen LogP contribution in [-0.2, 0) is 19.4 Å². The van der Waals surface area contributed by atoms with Gasteiger partial charge in [0.2, 0.25) is 5.91 Å². The van der Waals surface area contributed by atoms with Crippen molar-refractivity contribution in [3.8, 4) is 5.75 Å². The van der Waals surface area contributed by atoms with Crippen molar-refractivity contribution < 1.29 is 27.9 Å². The Morgan fingerprint density at radius 3 is 2.83 bits per heavy atom. The molecule has 0 saturated carbocycles. The largest absolute Gasteiger partial charge is 0.494 e. The van der Waals surface area contributed by atoms with Gasteiger partial charge < -0.3 is 14.7 Å². The number of benzene rings is 1. The Bertz CT molecular complexity index is 915. The van der Waals surface area contributed by atoms with Crippen molar-refractivity contribution in [2.75, 3.05) is 23.0 Å². The number of anilines is 1. The monoisotopic (exact) mass is 440 g/mol. The molecule has 0 bridgehead atoms. The number of fused-ring (bicyclic) bond motifs is 1. The summed E-state index contributed by atoms with van der Waals surface area (Å²) in [5, 5.41) is 8.97. The number of carbonyl (C=O) groups excluding carboxylic acids is 1. The smallest absolute Gasteiger partial charge is 0.303 e. The summed E-state index contributed by atoms with van der Waals surface area (Å²) in [5.41, 5.74) is 0.709. The van der Waals surface area contributed by atoms with E-state index in [4.69, 9.17) is 9.84 Å². The number of carboxylic acid groups (broad SMARTS) is 1. The second-order valence-electron chi connectivity index (χ2n) is 7.05. The van der Waals surface area contributed by atoms with E-state index in [0.29, 0.717) is 23.2 Å². The lowest BCUT2D eigenvalue weighted by atomic mass is 10.2. The first-order valence-corrected chi connectivity index (χ1v) is 12.2. The Kier molecular flexibility index (Phi) is 6.84. The van der Waals surface area contributed by atoms with E-state index >= 15 is 0 Å². The summed E-state index contributed by atoms with van der Waals surface area (Å²) in [4.78, 5) is 28.7. The number of aliphatic imine (C=N–C) groups is 1. The normalized spacial score (nSPS) is 23.9. The number of aliphatic carboxylic acids is 1. The summed E-state index contributed by atoms with van der Waals surface area (Å²) in [6.45, 7) is 2.66. The van der Waals surface area contributed by atoms with Crippen molar-refractivity contribution in [2.45, 2.75) is 43.9 Å². The van der Waals surface area contributed by atoms with Crippen LogP contribution in [0.2, 0.25) is 0 Å². The minimum atomic E-state index is -3.16. The second kappa shape index (κ2) is 9.17. The van der Waals surface area contributed by atoms with Crippen LogP contribution in [0.1, 0.15) is 32.6 Å². The molecule has 1 N–H and O–H groups in total. The number of hydrogen-bond donors (Lipinski definition) is 1. The number of unbranched alkanes of at least 4 members (excludes halogenated alkanes) is 1. The van der Waals surface area contributed by atoms with E-state index in [1.54, 1.807) is 4.90 Å². The maximum absolute atomic E-state index is 12.1. The van der Waals surface area contributed by atoms with Crippen molar-refractivity contribution in [3.05, 3.63) is 24.3 Å². The lowest BCUT2D eigenvalue weighted by Gasteiger charge is -2.25. The molecule has 0 aliphatic carbocycles. The molecule has 8 nitrogen and oxygen atoms in total. The van der Waals surface area contributed by atoms with E-state index < -0.39 is 21.7 Å². The third kappa shape index (κ3) is 5.51. The van der Waals surface area contributed by atoms with Gasteiger partial charge in [-0.3, -0.25) is 9.59 Å². The van der Waals surface area contributed by atoms with Crippen LogP contribution in [0.5, 0.6) is 5.75 Å². The van der Waals surface area contributed by atoms with Crippen molar-refractivity contribution in [1.82, 2.24) is 0 Å². The summed E-state index contributed by atoms with van der Waals surface area (Å²) in [6.07, 6.45) is 1.46. The maximum Gasteiger partial charge on any atom is 0.303 e. The van der Waals surface area contributed by atoms with Gasteiger partial charge in [-0.1, -0.05) is 31.2 Å². The fourth-order valence-electron chi connectivity index (χ4n) is 3.30. The molecule has 1 aromatic rings. The molecule has 2 saturated heterocycles. The van der Waals surface area contributed by atoms with Crippen LogP contribution in [0.25, 0.3) is 0 Å². The van der Waals surface area contributed by atoms with Crippen LogP contribution >= 0.6 is 11.8 Å². The van der Waals surface area contributed by atoms with Gasteiger partial charge in [0.1, 0.15) is 5.75 Å². The lowest BCUT2D eigenvalue weighted by molar-refractivity contribution is -0.138. The first-order valence-electron chi connectivity index (χ1n) is 9.51. The second-order valence-corrected chi connectivity index (χ2v) is 10.4. The summed E-state index contributed by atoms with van der Waals surface area (Å²) < 4.78 is 30.0. The van der Waals surface area contributed by atoms with Crippen LogP contribution in [-0.4, -0.2) is 60.0 Å². The molecule has 0 spiro atoms. The molecule has 29 heavy (non-hydrogen) atoms. The Morgan fingerprint density at radius 2 is 2.10 bits per heavy atom. The Hall–Kier alpha value is -2.07. The van der Waals surface area contributed by atoms with E-state index in [9.17, 15) is 18.0 Å². The fourth-order valence-corrected chi connectivity index (χ4v) is 7.23. The van der Waals surface area contributed by atoms with E-state index in [0.717, 1.165) is 12.8 Å². The number of sulfone groups is 1. The summed E-state index contributed by atoms with van der Waals surface area (Å²) >= 11 is 1.26. The number of rotatable bonds is 8. The van der Waals surface area contributed by atoms with E-state index in [2.05, 4.69) is 11.9 Å². The van der Waals surface area contributed by atoms with Gasteiger partial charge in [-0.05, 0) is 18.6 Å². The number of ether oxygens (including phenoxy) is 1. The molecule has 0 unspecified atom stereocenters. The van der Waals surface area contributed by atoms with Crippen LogP contribution in [0, 0.1) is 0 Å². The van der Waals surface area contributed by atoms with Crippen LogP contribution in [0.4, 0.5) is 5.69 Å². The van der Waals surface area contributed by atoms with Crippen molar-refractivity contribution in [3.63, 3.8) is 0 Å². The molecule has 3 rings (SSSR count). The zero-order chi connectivity index (χ0) is 21.0. The molecule has 1 amide bonds. The lowest BCUT2D eigenvalue weighted by Crippen LogP contribution is -2.37. The number of amides is 1. The quantitative estimate of drug-likeness (QED) is 0.613. The van der Waals surface area contributed by atoms with Crippen molar-refractivity contribution >= 4 is 44.3 Å². The van der Waals surface area contributed by atoms with Gasteiger partial charge in [0.25, 0.3) is 0 Å². The van der Waals surface area contributed by atoms with Gasteiger partial charge in [0, 0.05) is 23.4 Å². The van der Waals surface area contributed by atoms with Gasteiger partial charge in [0.15, 0.2) is 15.0 Å². The molecule has 2 heterocycles. The van der Waals surface area contributed by atoms with E-state index in [1.807, 2.05) is 24.3 Å². The van der Waals surface area contributed by atoms with Gasteiger partial charge in [-0.2, -0.15) is 4.99 Å². The number of thioether (sulfide) groups is 1. The van der Waals surface area contributed by atoms with Crippen molar-refractivity contribution in [1.29, 1.82) is 0 Å². The Morgan fingerprint density at radius 1 is 1.31 bits per heavy atom. The average molecular weight is 441 g/mol.